The Labute approximate surface area is 124 Å². The average Bonchev–Trinajstić information content (AvgIpc) is 3.23. The van der Waals surface area contributed by atoms with Gasteiger partial charge in [0.15, 0.2) is 0 Å². The molecule has 1 fully saturated rings. The summed E-state index contributed by atoms with van der Waals surface area (Å²) in [6, 6.07) is 7.80. The third kappa shape index (κ3) is 4.72. The van der Waals surface area contributed by atoms with Crippen molar-refractivity contribution in [2.75, 3.05) is 18.2 Å². The first-order valence-electron chi connectivity index (χ1n) is 6.99. The van der Waals surface area contributed by atoms with E-state index in [0.29, 0.717) is 12.3 Å². The number of urea groups is 1. The van der Waals surface area contributed by atoms with Crippen molar-refractivity contribution in [3.8, 4) is 0 Å². The standard InChI is InChI=1S/C15H22N2O2S/c1-20-10-11-3-2-4-13(9-11)16-15(19)17-14(7-8-18)12-5-6-12/h2-4,9,12,14,18H,5-8,10H2,1H3,(H2,16,17,19)/t14-/m0/s1. The molecule has 0 radical (unpaired) electrons. The van der Waals surface area contributed by atoms with Crippen LogP contribution in [0, 0.1) is 5.92 Å². The molecule has 20 heavy (non-hydrogen) atoms. The molecule has 1 aromatic rings. The number of aliphatic hydroxyl groups excluding tert-OH is 1. The quantitative estimate of drug-likeness (QED) is 0.724. The van der Waals surface area contributed by atoms with Gasteiger partial charge in [0.25, 0.3) is 0 Å². The Morgan fingerprint density at radius 3 is 2.95 bits per heavy atom. The van der Waals surface area contributed by atoms with Crippen molar-refractivity contribution in [3.05, 3.63) is 29.8 Å². The fraction of sp³-hybridized carbons (Fsp3) is 0.533. The van der Waals surface area contributed by atoms with Crippen molar-refractivity contribution in [2.24, 2.45) is 5.92 Å². The van der Waals surface area contributed by atoms with E-state index in [9.17, 15) is 4.79 Å². The molecule has 0 aliphatic heterocycles. The van der Waals surface area contributed by atoms with Crippen LogP contribution in [-0.4, -0.2) is 30.0 Å². The molecular weight excluding hydrogens is 272 g/mol. The van der Waals surface area contributed by atoms with Crippen molar-refractivity contribution in [1.82, 2.24) is 5.32 Å². The lowest BCUT2D eigenvalue weighted by Gasteiger charge is -2.17. The topological polar surface area (TPSA) is 61.4 Å². The van der Waals surface area contributed by atoms with Crippen LogP contribution in [0.1, 0.15) is 24.8 Å². The second-order valence-corrected chi connectivity index (χ2v) is 6.05. The molecule has 5 heteroatoms. The van der Waals surface area contributed by atoms with E-state index in [1.54, 1.807) is 11.8 Å². The van der Waals surface area contributed by atoms with Crippen LogP contribution in [0.4, 0.5) is 10.5 Å². The van der Waals surface area contributed by atoms with Crippen LogP contribution in [0.25, 0.3) is 0 Å². The highest BCUT2D eigenvalue weighted by molar-refractivity contribution is 7.97. The molecule has 0 saturated heterocycles. The zero-order valence-electron chi connectivity index (χ0n) is 11.8. The van der Waals surface area contributed by atoms with Crippen LogP contribution in [0.15, 0.2) is 24.3 Å². The number of carbonyl (C=O) groups excluding carboxylic acids is 1. The fourth-order valence-electron chi connectivity index (χ4n) is 2.30. The van der Waals surface area contributed by atoms with E-state index >= 15 is 0 Å². The summed E-state index contributed by atoms with van der Waals surface area (Å²) < 4.78 is 0. The lowest BCUT2D eigenvalue weighted by Crippen LogP contribution is -2.39. The number of rotatable bonds is 7. The number of hydrogen-bond donors (Lipinski definition) is 3. The van der Waals surface area contributed by atoms with Gasteiger partial charge in [-0.2, -0.15) is 11.8 Å². The molecule has 1 aromatic carbocycles. The average molecular weight is 294 g/mol. The summed E-state index contributed by atoms with van der Waals surface area (Å²) >= 11 is 1.76. The summed E-state index contributed by atoms with van der Waals surface area (Å²) in [6.45, 7) is 0.116. The summed E-state index contributed by atoms with van der Waals surface area (Å²) in [5.41, 5.74) is 2.01. The van der Waals surface area contributed by atoms with Crippen LogP contribution in [0.3, 0.4) is 0 Å². The zero-order chi connectivity index (χ0) is 14.4. The normalized spacial score (nSPS) is 15.7. The molecule has 0 bridgehead atoms. The molecular formula is C15H22N2O2S. The van der Waals surface area contributed by atoms with E-state index in [2.05, 4.69) is 23.0 Å². The minimum atomic E-state index is -0.184. The Kier molecular flexibility index (Phi) is 5.73. The first-order valence-corrected chi connectivity index (χ1v) is 8.38. The van der Waals surface area contributed by atoms with Gasteiger partial charge in [-0.25, -0.2) is 4.79 Å². The van der Waals surface area contributed by atoms with Crippen LogP contribution in [0.2, 0.25) is 0 Å². The molecule has 1 atom stereocenters. The Balaban J connectivity index is 1.88. The van der Waals surface area contributed by atoms with Crippen molar-refractivity contribution in [2.45, 2.75) is 31.1 Å². The zero-order valence-corrected chi connectivity index (χ0v) is 12.6. The molecule has 3 N–H and O–H groups in total. The molecule has 1 saturated carbocycles. The summed E-state index contributed by atoms with van der Waals surface area (Å²) in [4.78, 5) is 12.0. The number of amides is 2. The molecule has 1 aliphatic carbocycles. The molecule has 0 heterocycles. The smallest absolute Gasteiger partial charge is 0.319 e. The highest BCUT2D eigenvalue weighted by Gasteiger charge is 2.31. The van der Waals surface area contributed by atoms with Crippen molar-refractivity contribution < 1.29 is 9.90 Å². The van der Waals surface area contributed by atoms with Gasteiger partial charge >= 0.3 is 6.03 Å². The minimum absolute atomic E-state index is 0.0920. The minimum Gasteiger partial charge on any atom is -0.396 e. The second kappa shape index (κ2) is 7.55. The van der Waals surface area contributed by atoms with Gasteiger partial charge in [-0.1, -0.05) is 12.1 Å². The number of carbonyl (C=O) groups is 1. The van der Waals surface area contributed by atoms with Crippen LogP contribution >= 0.6 is 11.8 Å². The molecule has 0 spiro atoms. The van der Waals surface area contributed by atoms with Gasteiger partial charge in [0.1, 0.15) is 0 Å². The molecule has 4 nitrogen and oxygen atoms in total. The maximum Gasteiger partial charge on any atom is 0.319 e. The van der Waals surface area contributed by atoms with Crippen LogP contribution in [-0.2, 0) is 5.75 Å². The number of anilines is 1. The van der Waals surface area contributed by atoms with E-state index in [4.69, 9.17) is 5.11 Å². The van der Waals surface area contributed by atoms with Crippen LogP contribution in [0.5, 0.6) is 0 Å². The summed E-state index contributed by atoms with van der Waals surface area (Å²) in [5.74, 6) is 1.47. The number of thioether (sulfide) groups is 1. The van der Waals surface area contributed by atoms with Crippen molar-refractivity contribution in [1.29, 1.82) is 0 Å². The lowest BCUT2D eigenvalue weighted by molar-refractivity contribution is 0.234. The predicted octanol–water partition coefficient (Wildman–Crippen LogP) is 2.83. The largest absolute Gasteiger partial charge is 0.396 e. The number of nitrogens with one attached hydrogen (secondary N) is 2. The highest BCUT2D eigenvalue weighted by atomic mass is 32.2. The predicted molar refractivity (Wildman–Crippen MR) is 84.0 cm³/mol. The maximum absolute atomic E-state index is 12.0. The van der Waals surface area contributed by atoms with E-state index in [0.717, 1.165) is 24.3 Å². The van der Waals surface area contributed by atoms with E-state index in [1.807, 2.05) is 18.2 Å². The second-order valence-electron chi connectivity index (χ2n) is 5.19. The lowest BCUT2D eigenvalue weighted by atomic mass is 10.1. The van der Waals surface area contributed by atoms with Gasteiger partial charge in [-0.3, -0.25) is 0 Å². The van der Waals surface area contributed by atoms with E-state index < -0.39 is 0 Å². The molecule has 2 amide bonds. The van der Waals surface area contributed by atoms with E-state index in [-0.39, 0.29) is 18.7 Å². The Hall–Kier alpha value is -1.20. The summed E-state index contributed by atoms with van der Waals surface area (Å²) in [6.07, 6.45) is 4.98. The Bertz CT molecular complexity index is 449. The van der Waals surface area contributed by atoms with Gasteiger partial charge in [-0.05, 0) is 49.1 Å². The van der Waals surface area contributed by atoms with Gasteiger partial charge in [-0.15, -0.1) is 0 Å². The SMILES string of the molecule is CSCc1cccc(NC(=O)N[C@@H](CCO)C2CC2)c1. The third-order valence-corrected chi connectivity index (χ3v) is 4.07. The third-order valence-electron chi connectivity index (χ3n) is 3.44. The van der Waals surface area contributed by atoms with Gasteiger partial charge in [0, 0.05) is 24.1 Å². The highest BCUT2D eigenvalue weighted by Crippen LogP contribution is 2.33. The van der Waals surface area contributed by atoms with Crippen molar-refractivity contribution in [3.63, 3.8) is 0 Å². The van der Waals surface area contributed by atoms with Gasteiger partial charge in [0.2, 0.25) is 0 Å². The summed E-state index contributed by atoms with van der Waals surface area (Å²) in [7, 11) is 0. The van der Waals surface area contributed by atoms with Crippen LogP contribution < -0.4 is 10.6 Å². The van der Waals surface area contributed by atoms with Crippen molar-refractivity contribution >= 4 is 23.5 Å². The van der Waals surface area contributed by atoms with E-state index in [1.165, 1.54) is 5.56 Å². The number of aliphatic hydroxyl groups is 1. The number of hydrogen-bond acceptors (Lipinski definition) is 3. The van der Waals surface area contributed by atoms with Gasteiger partial charge < -0.3 is 15.7 Å². The Morgan fingerprint density at radius 1 is 1.50 bits per heavy atom. The molecule has 2 rings (SSSR count). The fourth-order valence-corrected chi connectivity index (χ4v) is 2.82. The summed E-state index contributed by atoms with van der Waals surface area (Å²) in [5, 5.41) is 14.9. The molecule has 0 aromatic heterocycles. The number of benzene rings is 1. The molecule has 0 unspecified atom stereocenters. The monoisotopic (exact) mass is 294 g/mol. The molecule has 1 aliphatic rings. The molecule has 110 valence electrons. The van der Waals surface area contributed by atoms with Gasteiger partial charge in [0.05, 0.1) is 0 Å². The first kappa shape index (κ1) is 15.2. The maximum atomic E-state index is 12.0. The Morgan fingerprint density at radius 2 is 2.30 bits per heavy atom. The first-order chi connectivity index (χ1) is 9.72.